The van der Waals surface area contributed by atoms with Gasteiger partial charge in [0.2, 0.25) is 11.2 Å². The Bertz CT molecular complexity index is 1330. The molecule has 0 atom stereocenters. The molecule has 3 heterocycles. The molecule has 2 aromatic carbocycles. The van der Waals surface area contributed by atoms with Gasteiger partial charge in [-0.05, 0) is 48.9 Å². The number of aryl methyl sites for hydroxylation is 1. The van der Waals surface area contributed by atoms with Crippen molar-refractivity contribution in [1.29, 1.82) is 0 Å². The minimum atomic E-state index is -0.222. The van der Waals surface area contributed by atoms with E-state index in [0.29, 0.717) is 48.0 Å². The molecule has 4 aromatic rings. The second-order valence-electron chi connectivity index (χ2n) is 7.63. The number of benzene rings is 2. The summed E-state index contributed by atoms with van der Waals surface area (Å²) in [5, 5.41) is 0.460. The van der Waals surface area contributed by atoms with Crippen LogP contribution in [0.15, 0.2) is 70.1 Å². The molecule has 7 nitrogen and oxygen atoms in total. The van der Waals surface area contributed by atoms with Gasteiger partial charge >= 0.3 is 0 Å². The van der Waals surface area contributed by atoms with Crippen molar-refractivity contribution in [2.45, 2.75) is 20.0 Å². The minimum absolute atomic E-state index is 0.163. The summed E-state index contributed by atoms with van der Waals surface area (Å²) in [7, 11) is 1.58. The Morgan fingerprint density at radius 1 is 1.09 bits per heavy atom. The first kappa shape index (κ1) is 20.1. The molecule has 2 aromatic heterocycles. The smallest absolute Gasteiger partial charge is 0.235 e. The zero-order valence-corrected chi connectivity index (χ0v) is 17.8. The number of fused-ring (bicyclic) bond motifs is 3. The molecule has 0 N–H and O–H groups in total. The molecular formula is C25H22N2O5. The van der Waals surface area contributed by atoms with Gasteiger partial charge in [-0.2, -0.15) is 0 Å². The van der Waals surface area contributed by atoms with E-state index in [-0.39, 0.29) is 11.2 Å². The second kappa shape index (κ2) is 8.36. The van der Waals surface area contributed by atoms with Gasteiger partial charge in [0, 0.05) is 31.5 Å². The predicted molar refractivity (Wildman–Crippen MR) is 119 cm³/mol. The third-order valence-corrected chi connectivity index (χ3v) is 5.44. The van der Waals surface area contributed by atoms with E-state index in [4.69, 9.17) is 18.6 Å². The molecule has 0 aliphatic carbocycles. The second-order valence-corrected chi connectivity index (χ2v) is 7.63. The van der Waals surface area contributed by atoms with Gasteiger partial charge in [0.25, 0.3) is 0 Å². The third-order valence-electron chi connectivity index (χ3n) is 5.44. The van der Waals surface area contributed by atoms with Crippen LogP contribution in [0.1, 0.15) is 16.9 Å². The first-order chi connectivity index (χ1) is 15.6. The van der Waals surface area contributed by atoms with Crippen LogP contribution in [0.25, 0.3) is 11.0 Å². The molecule has 0 spiro atoms. The van der Waals surface area contributed by atoms with Crippen LogP contribution in [0.3, 0.4) is 0 Å². The molecular weight excluding hydrogens is 408 g/mol. The molecule has 32 heavy (non-hydrogen) atoms. The van der Waals surface area contributed by atoms with E-state index in [1.165, 1.54) is 0 Å². The summed E-state index contributed by atoms with van der Waals surface area (Å²) in [5.41, 5.74) is 2.30. The van der Waals surface area contributed by atoms with Crippen molar-refractivity contribution in [2.24, 2.45) is 0 Å². The minimum Gasteiger partial charge on any atom is -0.497 e. The standard InChI is InChI=1S/C25H22N2O5/c1-16-24(32-19-5-3-4-18(12-19)29-2)23(28)20-6-7-22-21(25(20)31-16)14-27(15-30-22)13-17-8-10-26-11-9-17/h3-12H,13-15H2,1-2H3. The Kier molecular flexibility index (Phi) is 5.25. The number of aromatic nitrogens is 1. The van der Waals surface area contributed by atoms with Crippen molar-refractivity contribution < 1.29 is 18.6 Å². The van der Waals surface area contributed by atoms with Crippen molar-refractivity contribution in [3.05, 3.63) is 88.0 Å². The first-order valence-electron chi connectivity index (χ1n) is 10.3. The van der Waals surface area contributed by atoms with Gasteiger partial charge in [-0.25, -0.2) is 0 Å². The Morgan fingerprint density at radius 2 is 1.91 bits per heavy atom. The van der Waals surface area contributed by atoms with E-state index >= 15 is 0 Å². The summed E-state index contributed by atoms with van der Waals surface area (Å²) < 4.78 is 23.2. The molecule has 0 bridgehead atoms. The maximum atomic E-state index is 13.3. The number of hydrogen-bond donors (Lipinski definition) is 0. The number of rotatable bonds is 5. The van der Waals surface area contributed by atoms with Gasteiger partial charge in [0.1, 0.15) is 35.3 Å². The summed E-state index contributed by atoms with van der Waals surface area (Å²) in [6.07, 6.45) is 3.55. The summed E-state index contributed by atoms with van der Waals surface area (Å²) in [4.78, 5) is 19.5. The fourth-order valence-corrected chi connectivity index (χ4v) is 3.85. The normalized spacial score (nSPS) is 13.4. The van der Waals surface area contributed by atoms with E-state index in [0.717, 1.165) is 16.9 Å². The molecule has 0 fully saturated rings. The van der Waals surface area contributed by atoms with Gasteiger partial charge in [-0.1, -0.05) is 6.07 Å². The third kappa shape index (κ3) is 3.78. The molecule has 0 saturated carbocycles. The quantitative estimate of drug-likeness (QED) is 0.456. The molecule has 7 heteroatoms. The molecule has 0 radical (unpaired) electrons. The molecule has 0 saturated heterocycles. The number of ether oxygens (including phenoxy) is 3. The van der Waals surface area contributed by atoms with Crippen LogP contribution in [0.5, 0.6) is 23.0 Å². The van der Waals surface area contributed by atoms with Crippen molar-refractivity contribution >= 4 is 11.0 Å². The average Bonchev–Trinajstić information content (AvgIpc) is 2.82. The molecule has 162 valence electrons. The first-order valence-corrected chi connectivity index (χ1v) is 10.3. The summed E-state index contributed by atoms with van der Waals surface area (Å²) in [5.74, 6) is 2.45. The van der Waals surface area contributed by atoms with Crippen molar-refractivity contribution in [3.63, 3.8) is 0 Å². The maximum absolute atomic E-state index is 13.3. The van der Waals surface area contributed by atoms with Crippen molar-refractivity contribution in [3.8, 4) is 23.0 Å². The summed E-state index contributed by atoms with van der Waals surface area (Å²) >= 11 is 0. The molecule has 1 aliphatic heterocycles. The lowest BCUT2D eigenvalue weighted by atomic mass is 10.1. The van der Waals surface area contributed by atoms with Crippen molar-refractivity contribution in [2.75, 3.05) is 13.8 Å². The Morgan fingerprint density at radius 3 is 2.72 bits per heavy atom. The highest BCUT2D eigenvalue weighted by atomic mass is 16.5. The Balaban J connectivity index is 1.50. The lowest BCUT2D eigenvalue weighted by molar-refractivity contribution is 0.0889. The predicted octanol–water partition coefficient (Wildman–Crippen LogP) is 4.65. The van der Waals surface area contributed by atoms with E-state index in [1.54, 1.807) is 50.7 Å². The van der Waals surface area contributed by atoms with Gasteiger partial charge in [-0.15, -0.1) is 0 Å². The Labute approximate surface area is 184 Å². The zero-order chi connectivity index (χ0) is 22.1. The van der Waals surface area contributed by atoms with Gasteiger partial charge in [0.15, 0.2) is 0 Å². The highest BCUT2D eigenvalue weighted by molar-refractivity contribution is 5.83. The number of nitrogens with zero attached hydrogens (tertiary/aromatic N) is 2. The van der Waals surface area contributed by atoms with E-state index < -0.39 is 0 Å². The topological polar surface area (TPSA) is 74.0 Å². The maximum Gasteiger partial charge on any atom is 0.235 e. The fraction of sp³-hybridized carbons (Fsp3) is 0.200. The average molecular weight is 430 g/mol. The Hall–Kier alpha value is -3.84. The van der Waals surface area contributed by atoms with E-state index in [9.17, 15) is 4.79 Å². The van der Waals surface area contributed by atoms with Crippen LogP contribution >= 0.6 is 0 Å². The molecule has 1 aliphatic rings. The van der Waals surface area contributed by atoms with Crippen LogP contribution < -0.4 is 19.6 Å². The fourth-order valence-electron chi connectivity index (χ4n) is 3.85. The van der Waals surface area contributed by atoms with Crippen LogP contribution in [-0.2, 0) is 13.1 Å². The molecule has 0 unspecified atom stereocenters. The number of pyridine rings is 1. The number of hydrogen-bond acceptors (Lipinski definition) is 7. The zero-order valence-electron chi connectivity index (χ0n) is 17.8. The molecule has 0 amide bonds. The van der Waals surface area contributed by atoms with Crippen molar-refractivity contribution in [1.82, 2.24) is 9.88 Å². The highest BCUT2D eigenvalue weighted by Gasteiger charge is 2.24. The SMILES string of the molecule is COc1cccc(Oc2c(C)oc3c4c(ccc3c2=O)OCN(Cc2ccncc2)C4)c1. The van der Waals surface area contributed by atoms with E-state index in [1.807, 2.05) is 24.3 Å². The largest absolute Gasteiger partial charge is 0.497 e. The van der Waals surface area contributed by atoms with Crippen LogP contribution in [-0.4, -0.2) is 23.7 Å². The van der Waals surface area contributed by atoms with Gasteiger partial charge in [0.05, 0.1) is 18.1 Å². The van der Waals surface area contributed by atoms with Crippen LogP contribution in [0.4, 0.5) is 0 Å². The lowest BCUT2D eigenvalue weighted by Gasteiger charge is -2.29. The van der Waals surface area contributed by atoms with Crippen LogP contribution in [0, 0.1) is 6.92 Å². The highest BCUT2D eigenvalue weighted by Crippen LogP contribution is 2.35. The van der Waals surface area contributed by atoms with Gasteiger partial charge in [-0.3, -0.25) is 14.7 Å². The summed E-state index contributed by atoms with van der Waals surface area (Å²) in [6, 6.07) is 14.6. The summed E-state index contributed by atoms with van der Waals surface area (Å²) in [6.45, 7) is 3.50. The number of methoxy groups -OCH3 is 1. The monoisotopic (exact) mass is 430 g/mol. The van der Waals surface area contributed by atoms with Crippen LogP contribution in [0.2, 0.25) is 0 Å². The van der Waals surface area contributed by atoms with E-state index in [2.05, 4.69) is 9.88 Å². The lowest BCUT2D eigenvalue weighted by Crippen LogP contribution is -2.31. The molecule has 5 rings (SSSR count). The van der Waals surface area contributed by atoms with Gasteiger partial charge < -0.3 is 18.6 Å².